The molecule has 0 aliphatic carbocycles. The summed E-state index contributed by atoms with van der Waals surface area (Å²) in [5.74, 6) is -3.05. The number of ketones is 1. The Hall–Kier alpha value is -2.61. The molecule has 0 aromatic heterocycles. The van der Waals surface area contributed by atoms with Crippen molar-refractivity contribution < 1.29 is 24.3 Å². The number of carbonyl (C=O) groups excluding carboxylic acids is 2. The largest absolute Gasteiger partial charge is 0.358 e. The van der Waals surface area contributed by atoms with Crippen LogP contribution in [0.15, 0.2) is 23.2 Å². The Bertz CT molecular complexity index is 595. The van der Waals surface area contributed by atoms with Crippen LogP contribution >= 0.6 is 0 Å². The molecular formula is C11H8N2O6. The number of nitrogens with zero attached hydrogens (tertiary/aromatic N) is 2. The summed E-state index contributed by atoms with van der Waals surface area (Å²) < 4.78 is 0. The lowest BCUT2D eigenvalue weighted by molar-refractivity contribution is -0.385. The van der Waals surface area contributed by atoms with Crippen molar-refractivity contribution in [2.75, 3.05) is 7.11 Å². The summed E-state index contributed by atoms with van der Waals surface area (Å²) in [6.45, 7) is 0. The molecule has 0 saturated carbocycles. The molecular weight excluding hydrogens is 256 g/mol. The van der Waals surface area contributed by atoms with Crippen LogP contribution in [0.5, 0.6) is 0 Å². The molecule has 0 N–H and O–H groups in total. The average Bonchev–Trinajstić information content (AvgIpc) is 2.38. The third kappa shape index (κ3) is 2.20. The van der Waals surface area contributed by atoms with Gasteiger partial charge >= 0.3 is 5.97 Å². The molecule has 0 saturated heterocycles. The van der Waals surface area contributed by atoms with Crippen molar-refractivity contribution in [3.63, 3.8) is 0 Å². The first-order valence-electron chi connectivity index (χ1n) is 5.16. The average molecular weight is 264 g/mol. The van der Waals surface area contributed by atoms with Crippen molar-refractivity contribution >= 4 is 29.3 Å². The van der Waals surface area contributed by atoms with E-state index in [9.17, 15) is 19.7 Å². The Morgan fingerprint density at radius 2 is 2.21 bits per heavy atom. The number of rotatable bonds is 3. The zero-order valence-electron chi connectivity index (χ0n) is 9.73. The van der Waals surface area contributed by atoms with Crippen molar-refractivity contribution in [2.24, 2.45) is 10.9 Å². The normalized spacial score (nSPS) is 16.9. The molecule has 1 unspecified atom stereocenters. The smallest absolute Gasteiger partial charge is 0.297 e. The molecule has 0 fully saturated rings. The van der Waals surface area contributed by atoms with Crippen LogP contribution in [0.3, 0.4) is 0 Å². The highest BCUT2D eigenvalue weighted by Crippen LogP contribution is 2.33. The molecule has 0 bridgehead atoms. The maximum absolute atomic E-state index is 12.1. The molecule has 1 aliphatic rings. The first-order chi connectivity index (χ1) is 9.06. The molecule has 1 aliphatic heterocycles. The second kappa shape index (κ2) is 4.94. The van der Waals surface area contributed by atoms with E-state index < -0.39 is 28.3 Å². The summed E-state index contributed by atoms with van der Waals surface area (Å²) in [6, 6.07) is 4.04. The molecule has 8 nitrogen and oxygen atoms in total. The maximum atomic E-state index is 12.1. The highest BCUT2D eigenvalue weighted by Gasteiger charge is 2.37. The van der Waals surface area contributed by atoms with Crippen molar-refractivity contribution in [3.05, 3.63) is 33.9 Å². The fourth-order valence-corrected chi connectivity index (χ4v) is 1.72. The molecule has 2 rings (SSSR count). The first-order valence-corrected chi connectivity index (χ1v) is 5.16. The zero-order valence-corrected chi connectivity index (χ0v) is 9.73. The van der Waals surface area contributed by atoms with Crippen LogP contribution in [0.4, 0.5) is 11.4 Å². The summed E-state index contributed by atoms with van der Waals surface area (Å²) in [6.07, 6.45) is 1.08. The van der Waals surface area contributed by atoms with E-state index in [1.54, 1.807) is 0 Å². The fraction of sp³-hybridized carbons (Fsp3) is 0.182. The topological polar surface area (TPSA) is 108 Å². The third-order valence-corrected chi connectivity index (χ3v) is 2.53. The predicted octanol–water partition coefficient (Wildman–Crippen LogP) is 1.21. The molecule has 1 atom stereocenters. The Kier molecular flexibility index (Phi) is 3.34. The lowest BCUT2D eigenvalue weighted by Gasteiger charge is -2.14. The van der Waals surface area contributed by atoms with Crippen molar-refractivity contribution in [2.45, 2.75) is 0 Å². The van der Waals surface area contributed by atoms with Gasteiger partial charge in [-0.1, -0.05) is 6.07 Å². The Morgan fingerprint density at radius 3 is 2.84 bits per heavy atom. The minimum absolute atomic E-state index is 0.153. The number of aliphatic imine (C=N–C) groups is 1. The van der Waals surface area contributed by atoms with E-state index in [0.29, 0.717) is 0 Å². The van der Waals surface area contributed by atoms with Gasteiger partial charge in [0.25, 0.3) is 5.69 Å². The summed E-state index contributed by atoms with van der Waals surface area (Å²) in [5, 5.41) is 10.9. The monoisotopic (exact) mass is 264 g/mol. The lowest BCUT2D eigenvalue weighted by Crippen LogP contribution is -2.30. The molecule has 1 heterocycles. The van der Waals surface area contributed by atoms with Gasteiger partial charge in [0.05, 0.1) is 17.7 Å². The van der Waals surface area contributed by atoms with Gasteiger partial charge < -0.3 is 0 Å². The molecule has 98 valence electrons. The van der Waals surface area contributed by atoms with E-state index in [1.807, 2.05) is 0 Å². The molecule has 0 radical (unpaired) electrons. The molecule has 19 heavy (non-hydrogen) atoms. The van der Waals surface area contributed by atoms with Gasteiger partial charge in [0.1, 0.15) is 5.56 Å². The van der Waals surface area contributed by atoms with Crippen LogP contribution in [0.2, 0.25) is 0 Å². The summed E-state index contributed by atoms with van der Waals surface area (Å²) in [7, 11) is 1.11. The molecule has 0 spiro atoms. The molecule has 1 aromatic carbocycles. The van der Waals surface area contributed by atoms with Gasteiger partial charge in [0.2, 0.25) is 0 Å². The van der Waals surface area contributed by atoms with Gasteiger partial charge in [-0.2, -0.15) is 4.89 Å². The first kappa shape index (κ1) is 12.8. The minimum atomic E-state index is -1.34. The highest BCUT2D eigenvalue weighted by molar-refractivity contribution is 6.23. The summed E-state index contributed by atoms with van der Waals surface area (Å²) in [5.41, 5.74) is -0.441. The molecule has 8 heteroatoms. The number of benzene rings is 1. The summed E-state index contributed by atoms with van der Waals surface area (Å²) >= 11 is 0. The number of nitro benzene ring substituents is 1. The van der Waals surface area contributed by atoms with E-state index in [2.05, 4.69) is 14.8 Å². The second-order valence-corrected chi connectivity index (χ2v) is 3.62. The zero-order chi connectivity index (χ0) is 14.0. The van der Waals surface area contributed by atoms with Gasteiger partial charge in [-0.15, -0.1) is 0 Å². The standard InChI is InChI=1S/C11H8N2O6/c1-18-19-11(15)6-5-12-7-3-2-4-8(13(16)17)9(7)10(6)14/h2-6H,1H3. The van der Waals surface area contributed by atoms with Gasteiger partial charge in [0.15, 0.2) is 11.7 Å². The van der Waals surface area contributed by atoms with Gasteiger partial charge in [-0.3, -0.25) is 24.8 Å². The van der Waals surface area contributed by atoms with Crippen LogP contribution in [0.25, 0.3) is 0 Å². The van der Waals surface area contributed by atoms with Gasteiger partial charge in [0, 0.05) is 12.3 Å². The predicted molar refractivity (Wildman–Crippen MR) is 62.2 cm³/mol. The Labute approximate surface area is 106 Å². The van der Waals surface area contributed by atoms with Crippen molar-refractivity contribution in [1.29, 1.82) is 0 Å². The van der Waals surface area contributed by atoms with Crippen molar-refractivity contribution in [1.82, 2.24) is 0 Å². The van der Waals surface area contributed by atoms with Crippen LogP contribution < -0.4 is 0 Å². The SMILES string of the molecule is COOC(=O)C1C=Nc2cccc([N+](=O)[O-])c2C1=O. The van der Waals surface area contributed by atoms with E-state index >= 15 is 0 Å². The number of hydrogen-bond acceptors (Lipinski definition) is 7. The maximum Gasteiger partial charge on any atom is 0.358 e. The number of fused-ring (bicyclic) bond motifs is 1. The van der Waals surface area contributed by atoms with Crippen LogP contribution in [-0.2, 0) is 14.6 Å². The van der Waals surface area contributed by atoms with E-state index in [4.69, 9.17) is 0 Å². The minimum Gasteiger partial charge on any atom is -0.297 e. The highest BCUT2D eigenvalue weighted by atomic mass is 17.2. The number of hydrogen-bond donors (Lipinski definition) is 0. The van der Waals surface area contributed by atoms with Crippen LogP contribution in [0.1, 0.15) is 10.4 Å². The summed E-state index contributed by atoms with van der Waals surface area (Å²) in [4.78, 5) is 46.0. The molecule has 1 aromatic rings. The lowest BCUT2D eigenvalue weighted by atomic mass is 9.93. The quantitative estimate of drug-likeness (QED) is 0.351. The van der Waals surface area contributed by atoms with E-state index in [-0.39, 0.29) is 11.3 Å². The van der Waals surface area contributed by atoms with E-state index in [1.165, 1.54) is 18.2 Å². The fourth-order valence-electron chi connectivity index (χ4n) is 1.72. The van der Waals surface area contributed by atoms with E-state index in [0.717, 1.165) is 13.3 Å². The Balaban J connectivity index is 2.47. The van der Waals surface area contributed by atoms with Gasteiger partial charge in [-0.05, 0) is 6.07 Å². The second-order valence-electron chi connectivity index (χ2n) is 3.62. The Morgan fingerprint density at radius 1 is 1.47 bits per heavy atom. The van der Waals surface area contributed by atoms with Crippen LogP contribution in [-0.4, -0.2) is 30.0 Å². The van der Waals surface area contributed by atoms with Crippen molar-refractivity contribution in [3.8, 4) is 0 Å². The number of carbonyl (C=O) groups is 2. The number of Topliss-reactive ketones (excluding diaryl/α,β-unsaturated/α-hetero) is 1. The number of nitro groups is 1. The third-order valence-electron chi connectivity index (χ3n) is 2.53. The van der Waals surface area contributed by atoms with Crippen LogP contribution in [0, 0.1) is 16.0 Å². The molecule has 0 amide bonds. The van der Waals surface area contributed by atoms with Gasteiger partial charge in [-0.25, -0.2) is 4.79 Å².